The number of piperidine rings is 1. The molecule has 1 aliphatic heterocycles. The van der Waals surface area contributed by atoms with Gasteiger partial charge in [-0.1, -0.05) is 6.07 Å². The number of pyridine rings is 1. The number of hydrogen-bond acceptors (Lipinski definition) is 7. The van der Waals surface area contributed by atoms with Crippen molar-refractivity contribution in [1.29, 1.82) is 0 Å². The number of hydrogen-bond donors (Lipinski definition) is 1. The molecule has 0 bridgehead atoms. The second-order valence-electron chi connectivity index (χ2n) is 8.77. The van der Waals surface area contributed by atoms with E-state index in [4.69, 9.17) is 4.74 Å². The monoisotopic (exact) mass is 412 g/mol. The second-order valence-corrected chi connectivity index (χ2v) is 8.77. The molecule has 0 aromatic carbocycles. The van der Waals surface area contributed by atoms with Crippen molar-refractivity contribution in [3.05, 3.63) is 42.5 Å². The molecule has 8 heteroatoms. The molecule has 1 fully saturated rings. The van der Waals surface area contributed by atoms with Gasteiger partial charge in [-0.2, -0.15) is 0 Å². The highest BCUT2D eigenvalue weighted by Gasteiger charge is 2.27. The van der Waals surface area contributed by atoms with Crippen molar-refractivity contribution < 1.29 is 9.53 Å². The summed E-state index contributed by atoms with van der Waals surface area (Å²) in [5, 5.41) is 3.32. The fourth-order valence-electron chi connectivity index (χ4n) is 3.45. The summed E-state index contributed by atoms with van der Waals surface area (Å²) in [4.78, 5) is 29.1. The highest BCUT2D eigenvalue weighted by Crippen LogP contribution is 2.22. The highest BCUT2D eigenvalue weighted by atomic mass is 16.6. The summed E-state index contributed by atoms with van der Waals surface area (Å²) < 4.78 is 5.48. The molecule has 30 heavy (non-hydrogen) atoms. The van der Waals surface area contributed by atoms with Gasteiger partial charge in [0.15, 0.2) is 0 Å². The number of carbonyl (C=O) groups is 1. The third kappa shape index (κ3) is 6.57. The molecule has 1 amide bonds. The first-order chi connectivity index (χ1) is 14.3. The third-order valence-electron chi connectivity index (χ3n) is 5.04. The summed E-state index contributed by atoms with van der Waals surface area (Å²) in [5.74, 6) is 2.18. The van der Waals surface area contributed by atoms with Crippen molar-refractivity contribution in [2.45, 2.75) is 45.8 Å². The highest BCUT2D eigenvalue weighted by molar-refractivity contribution is 5.68. The van der Waals surface area contributed by atoms with Gasteiger partial charge in [-0.3, -0.25) is 4.98 Å². The van der Waals surface area contributed by atoms with E-state index >= 15 is 0 Å². The maximum Gasteiger partial charge on any atom is 0.410 e. The molecular formula is C22H32N6O2. The Labute approximate surface area is 178 Å². The largest absolute Gasteiger partial charge is 0.444 e. The van der Waals surface area contributed by atoms with Crippen LogP contribution in [0.5, 0.6) is 0 Å². The molecule has 162 valence electrons. The molecule has 3 rings (SSSR count). The lowest BCUT2D eigenvalue weighted by atomic mass is 9.96. The molecule has 1 N–H and O–H groups in total. The maximum absolute atomic E-state index is 12.2. The number of amides is 1. The standard InChI is InChI=1S/C22H32N6O2/c1-22(2,3)30-21(29)28-10-7-17(8-11-28)15-27(4)20-12-19(25-16-26-20)24-14-18-6-5-9-23-13-18/h5-6,9,12-13,16-17H,7-8,10-11,14-15H2,1-4H3,(H,24,25,26). The van der Waals surface area contributed by atoms with Gasteiger partial charge in [-0.05, 0) is 51.2 Å². The van der Waals surface area contributed by atoms with Gasteiger partial charge in [0.1, 0.15) is 23.6 Å². The lowest BCUT2D eigenvalue weighted by molar-refractivity contribution is 0.0186. The number of anilines is 2. The Kier molecular flexibility index (Phi) is 7.07. The zero-order valence-electron chi connectivity index (χ0n) is 18.3. The Hall–Kier alpha value is -2.90. The fraction of sp³-hybridized carbons (Fsp3) is 0.545. The predicted octanol–water partition coefficient (Wildman–Crippen LogP) is 3.57. The number of likely N-dealkylation sites (tertiary alicyclic amines) is 1. The normalized spacial score (nSPS) is 15.0. The van der Waals surface area contributed by atoms with E-state index in [2.05, 4.69) is 25.2 Å². The topological polar surface area (TPSA) is 83.5 Å². The summed E-state index contributed by atoms with van der Waals surface area (Å²) in [7, 11) is 2.05. The molecule has 0 unspecified atom stereocenters. The summed E-state index contributed by atoms with van der Waals surface area (Å²) in [6, 6.07) is 5.91. The zero-order valence-corrected chi connectivity index (χ0v) is 18.3. The molecular weight excluding hydrogens is 380 g/mol. The Bertz CT molecular complexity index is 816. The van der Waals surface area contributed by atoms with Gasteiger partial charge in [-0.15, -0.1) is 0 Å². The molecule has 0 atom stereocenters. The zero-order chi connectivity index (χ0) is 21.6. The van der Waals surface area contributed by atoms with Crippen LogP contribution in [0.3, 0.4) is 0 Å². The van der Waals surface area contributed by atoms with Crippen molar-refractivity contribution in [2.24, 2.45) is 5.92 Å². The van der Waals surface area contributed by atoms with Gasteiger partial charge in [0, 0.05) is 51.7 Å². The molecule has 0 radical (unpaired) electrons. The average molecular weight is 413 g/mol. The third-order valence-corrected chi connectivity index (χ3v) is 5.04. The van der Waals surface area contributed by atoms with Crippen LogP contribution in [0.15, 0.2) is 36.9 Å². The molecule has 3 heterocycles. The van der Waals surface area contributed by atoms with E-state index in [1.165, 1.54) is 0 Å². The molecule has 8 nitrogen and oxygen atoms in total. The predicted molar refractivity (Wildman–Crippen MR) is 117 cm³/mol. The van der Waals surface area contributed by atoms with E-state index in [9.17, 15) is 4.79 Å². The van der Waals surface area contributed by atoms with Crippen LogP contribution in [0.4, 0.5) is 16.4 Å². The number of nitrogens with zero attached hydrogens (tertiary/aromatic N) is 5. The fourth-order valence-corrected chi connectivity index (χ4v) is 3.45. The summed E-state index contributed by atoms with van der Waals surface area (Å²) in [5.41, 5.74) is 0.645. The van der Waals surface area contributed by atoms with Crippen LogP contribution >= 0.6 is 0 Å². The lowest BCUT2D eigenvalue weighted by Gasteiger charge is -2.35. The molecule has 0 spiro atoms. The Morgan fingerprint density at radius 2 is 2.07 bits per heavy atom. The van der Waals surface area contributed by atoms with Gasteiger partial charge >= 0.3 is 6.09 Å². The van der Waals surface area contributed by atoms with E-state index < -0.39 is 5.60 Å². The van der Waals surface area contributed by atoms with Crippen molar-refractivity contribution in [2.75, 3.05) is 36.9 Å². The molecule has 1 aliphatic rings. The van der Waals surface area contributed by atoms with E-state index in [1.807, 2.05) is 57.1 Å². The summed E-state index contributed by atoms with van der Waals surface area (Å²) in [6.45, 7) is 8.71. The van der Waals surface area contributed by atoms with E-state index in [-0.39, 0.29) is 6.09 Å². The van der Waals surface area contributed by atoms with E-state index in [0.717, 1.165) is 49.7 Å². The Morgan fingerprint density at radius 3 is 2.73 bits per heavy atom. The van der Waals surface area contributed by atoms with Crippen LogP contribution in [-0.2, 0) is 11.3 Å². The summed E-state index contributed by atoms with van der Waals surface area (Å²) >= 11 is 0. The van der Waals surface area contributed by atoms with Crippen molar-refractivity contribution >= 4 is 17.7 Å². The van der Waals surface area contributed by atoms with E-state index in [0.29, 0.717) is 12.5 Å². The van der Waals surface area contributed by atoms with Gasteiger partial charge in [0.2, 0.25) is 0 Å². The first kappa shape index (κ1) is 21.8. The van der Waals surface area contributed by atoms with Crippen molar-refractivity contribution in [1.82, 2.24) is 19.9 Å². The second kappa shape index (κ2) is 9.73. The molecule has 2 aromatic rings. The first-order valence-corrected chi connectivity index (χ1v) is 10.4. The minimum atomic E-state index is -0.454. The Morgan fingerprint density at radius 1 is 1.30 bits per heavy atom. The van der Waals surface area contributed by atoms with Crippen LogP contribution in [0, 0.1) is 5.92 Å². The van der Waals surface area contributed by atoms with Crippen molar-refractivity contribution in [3.8, 4) is 0 Å². The lowest BCUT2D eigenvalue weighted by Crippen LogP contribution is -2.43. The number of rotatable bonds is 6. The van der Waals surface area contributed by atoms with Gasteiger partial charge in [0.05, 0.1) is 0 Å². The van der Waals surface area contributed by atoms with Crippen LogP contribution in [-0.4, -0.2) is 58.2 Å². The number of carbonyl (C=O) groups excluding carboxylic acids is 1. The van der Waals surface area contributed by atoms with Gasteiger partial charge in [0.25, 0.3) is 0 Å². The molecule has 1 saturated heterocycles. The SMILES string of the molecule is CN(CC1CCN(C(=O)OC(C)(C)C)CC1)c1cc(NCc2cccnc2)ncn1. The van der Waals surface area contributed by atoms with Gasteiger partial charge in [-0.25, -0.2) is 14.8 Å². The van der Waals surface area contributed by atoms with E-state index in [1.54, 1.807) is 12.5 Å². The van der Waals surface area contributed by atoms with Crippen molar-refractivity contribution in [3.63, 3.8) is 0 Å². The average Bonchev–Trinajstić information content (AvgIpc) is 2.72. The number of ether oxygens (including phenoxy) is 1. The molecule has 0 aliphatic carbocycles. The number of aromatic nitrogens is 3. The molecule has 0 saturated carbocycles. The minimum Gasteiger partial charge on any atom is -0.444 e. The van der Waals surface area contributed by atoms with Crippen LogP contribution in [0.25, 0.3) is 0 Å². The maximum atomic E-state index is 12.2. The van der Waals surface area contributed by atoms with Crippen LogP contribution in [0.1, 0.15) is 39.2 Å². The number of nitrogens with one attached hydrogen (secondary N) is 1. The first-order valence-electron chi connectivity index (χ1n) is 10.4. The quantitative estimate of drug-likeness (QED) is 0.776. The molecule has 2 aromatic heterocycles. The minimum absolute atomic E-state index is 0.213. The summed E-state index contributed by atoms with van der Waals surface area (Å²) in [6.07, 6.45) is 6.89. The van der Waals surface area contributed by atoms with Gasteiger partial charge < -0.3 is 19.9 Å². The van der Waals surface area contributed by atoms with Crippen LogP contribution in [0.2, 0.25) is 0 Å². The smallest absolute Gasteiger partial charge is 0.410 e. The Balaban J connectivity index is 1.48. The van der Waals surface area contributed by atoms with Crippen LogP contribution < -0.4 is 10.2 Å².